The minimum atomic E-state index is -0.162. The molecule has 0 aromatic rings. The van der Waals surface area contributed by atoms with Gasteiger partial charge < -0.3 is 0 Å². The lowest BCUT2D eigenvalue weighted by Gasteiger charge is -2.23. The molecule has 0 nitrogen and oxygen atoms in total. The quantitative estimate of drug-likeness (QED) is 0.497. The highest BCUT2D eigenvalue weighted by atomic mass is 79.9. The molecule has 0 aliphatic rings. The van der Waals surface area contributed by atoms with Crippen LogP contribution in [0.3, 0.4) is 0 Å². The van der Waals surface area contributed by atoms with E-state index in [4.69, 9.17) is 11.6 Å². The summed E-state index contributed by atoms with van der Waals surface area (Å²) < 4.78 is 0. The van der Waals surface area contributed by atoms with Crippen LogP contribution in [0.4, 0.5) is 0 Å². The van der Waals surface area contributed by atoms with Gasteiger partial charge in [0.25, 0.3) is 0 Å². The van der Waals surface area contributed by atoms with E-state index in [-0.39, 0.29) is 4.87 Å². The molecule has 0 heterocycles. The van der Waals surface area contributed by atoms with E-state index in [1.807, 2.05) is 13.8 Å². The summed E-state index contributed by atoms with van der Waals surface area (Å²) in [4.78, 5) is 0.209. The lowest BCUT2D eigenvalue weighted by atomic mass is 10.0. The van der Waals surface area contributed by atoms with Gasteiger partial charge in [-0.15, -0.1) is 11.6 Å². The molecule has 0 fully saturated rings. The average Bonchev–Trinajstić information content (AvgIpc) is 2.04. The third-order valence-corrected chi connectivity index (χ3v) is 4.89. The maximum Gasteiger partial charge on any atom is 0.0515 e. The van der Waals surface area contributed by atoms with Crippen LogP contribution in [0.25, 0.3) is 0 Å². The first-order valence-electron chi connectivity index (χ1n) is 4.44. The zero-order valence-corrected chi connectivity index (χ0v) is 12.3. The summed E-state index contributed by atoms with van der Waals surface area (Å²) in [5, 5.41) is 0.964. The van der Waals surface area contributed by atoms with Gasteiger partial charge in [-0.05, 0) is 33.6 Å². The Labute approximate surface area is 103 Å². The summed E-state index contributed by atoms with van der Waals surface area (Å²) in [7, 11) is 0. The van der Waals surface area contributed by atoms with Gasteiger partial charge in [-0.2, -0.15) is 0 Å². The number of hydrogen-bond acceptors (Lipinski definition) is 0. The molecule has 0 aliphatic heterocycles. The van der Waals surface area contributed by atoms with Crippen molar-refractivity contribution in [2.45, 2.75) is 43.3 Å². The van der Waals surface area contributed by atoms with Crippen molar-refractivity contribution in [2.24, 2.45) is 0 Å². The zero-order valence-electron chi connectivity index (χ0n) is 8.41. The van der Waals surface area contributed by atoms with E-state index in [1.165, 1.54) is 5.57 Å². The smallest absolute Gasteiger partial charge is 0.0515 e. The Balaban J connectivity index is 3.89. The van der Waals surface area contributed by atoms with Crippen LogP contribution in [0.15, 0.2) is 11.6 Å². The largest absolute Gasteiger partial charge is 0.119 e. The molecule has 0 aromatic heterocycles. The Bertz CT molecular complexity index is 170. The van der Waals surface area contributed by atoms with Gasteiger partial charge in [0.05, 0.1) is 4.87 Å². The first-order chi connectivity index (χ1) is 5.91. The predicted octanol–water partition coefficient (Wildman–Crippen LogP) is 4.89. The topological polar surface area (TPSA) is 0 Å². The molecule has 0 saturated heterocycles. The van der Waals surface area contributed by atoms with Crippen molar-refractivity contribution in [3.8, 4) is 0 Å². The van der Waals surface area contributed by atoms with Gasteiger partial charge in [0, 0.05) is 10.2 Å². The minimum absolute atomic E-state index is 0.162. The van der Waals surface area contributed by atoms with E-state index in [1.54, 1.807) is 0 Å². The third-order valence-electron chi connectivity index (χ3n) is 2.04. The molecule has 0 aliphatic carbocycles. The van der Waals surface area contributed by atoms with Crippen LogP contribution in [0.5, 0.6) is 0 Å². The van der Waals surface area contributed by atoms with Gasteiger partial charge in [0.2, 0.25) is 0 Å². The second-order valence-electron chi connectivity index (χ2n) is 3.65. The van der Waals surface area contributed by atoms with Crippen LogP contribution >= 0.6 is 43.5 Å². The van der Waals surface area contributed by atoms with Crippen molar-refractivity contribution in [1.82, 2.24) is 0 Å². The first kappa shape index (κ1) is 14.0. The highest BCUT2D eigenvalue weighted by molar-refractivity contribution is 9.09. The highest BCUT2D eigenvalue weighted by Crippen LogP contribution is 2.29. The Morgan fingerprint density at radius 2 is 2.08 bits per heavy atom. The molecule has 1 atom stereocenters. The minimum Gasteiger partial charge on any atom is -0.119 e. The molecular weight excluding hydrogens is 315 g/mol. The van der Waals surface area contributed by atoms with E-state index >= 15 is 0 Å². The SMILES string of the molecule is CC=C(CBr)CCC(Br)C(C)(C)Cl. The van der Waals surface area contributed by atoms with Crippen molar-refractivity contribution >= 4 is 43.5 Å². The fraction of sp³-hybridized carbons (Fsp3) is 0.800. The summed E-state index contributed by atoms with van der Waals surface area (Å²) in [6, 6.07) is 0. The molecule has 0 bridgehead atoms. The van der Waals surface area contributed by atoms with Gasteiger partial charge in [-0.3, -0.25) is 0 Å². The van der Waals surface area contributed by atoms with Gasteiger partial charge >= 0.3 is 0 Å². The van der Waals surface area contributed by atoms with Crippen molar-refractivity contribution in [3.05, 3.63) is 11.6 Å². The van der Waals surface area contributed by atoms with Crippen LogP contribution in [0, 0.1) is 0 Å². The monoisotopic (exact) mass is 330 g/mol. The molecule has 0 spiro atoms. The van der Waals surface area contributed by atoms with E-state index in [9.17, 15) is 0 Å². The molecular formula is C10H17Br2Cl. The molecule has 0 saturated carbocycles. The molecule has 3 heteroatoms. The van der Waals surface area contributed by atoms with Crippen molar-refractivity contribution in [2.75, 3.05) is 5.33 Å². The predicted molar refractivity (Wildman–Crippen MR) is 69.4 cm³/mol. The number of allylic oxidation sites excluding steroid dienone is 2. The first-order valence-corrected chi connectivity index (χ1v) is 6.86. The Morgan fingerprint density at radius 3 is 2.38 bits per heavy atom. The highest BCUT2D eigenvalue weighted by Gasteiger charge is 2.23. The molecule has 13 heavy (non-hydrogen) atoms. The van der Waals surface area contributed by atoms with E-state index in [2.05, 4.69) is 44.9 Å². The summed E-state index contributed by atoms with van der Waals surface area (Å²) >= 11 is 13.2. The normalized spacial score (nSPS) is 16.0. The molecule has 78 valence electrons. The van der Waals surface area contributed by atoms with Gasteiger partial charge in [0.1, 0.15) is 0 Å². The van der Waals surface area contributed by atoms with Crippen molar-refractivity contribution in [1.29, 1.82) is 0 Å². The van der Waals surface area contributed by atoms with Crippen LogP contribution < -0.4 is 0 Å². The molecule has 0 N–H and O–H groups in total. The molecule has 0 amide bonds. The Kier molecular flexibility index (Phi) is 6.96. The lowest BCUT2D eigenvalue weighted by molar-refractivity contribution is 0.616. The van der Waals surface area contributed by atoms with E-state index in [0.717, 1.165) is 18.2 Å². The number of rotatable bonds is 5. The Morgan fingerprint density at radius 1 is 1.54 bits per heavy atom. The number of alkyl halides is 3. The fourth-order valence-electron chi connectivity index (χ4n) is 0.944. The lowest BCUT2D eigenvalue weighted by Crippen LogP contribution is -2.24. The van der Waals surface area contributed by atoms with Crippen LogP contribution in [-0.2, 0) is 0 Å². The van der Waals surface area contributed by atoms with Crippen LogP contribution in [0.1, 0.15) is 33.6 Å². The van der Waals surface area contributed by atoms with Crippen LogP contribution in [0.2, 0.25) is 0 Å². The van der Waals surface area contributed by atoms with Gasteiger partial charge in [-0.25, -0.2) is 0 Å². The summed E-state index contributed by atoms with van der Waals surface area (Å²) in [6.45, 7) is 6.15. The van der Waals surface area contributed by atoms with E-state index in [0.29, 0.717) is 4.83 Å². The van der Waals surface area contributed by atoms with Gasteiger partial charge in [-0.1, -0.05) is 43.5 Å². The molecule has 0 aromatic carbocycles. The van der Waals surface area contributed by atoms with Crippen molar-refractivity contribution < 1.29 is 0 Å². The second kappa shape index (κ2) is 6.47. The standard InChI is InChI=1S/C10H17Br2Cl/c1-4-8(7-11)5-6-9(12)10(2,3)13/h4,9H,5-7H2,1-3H3. The summed E-state index contributed by atoms with van der Waals surface area (Å²) in [5.74, 6) is 0. The average molecular weight is 333 g/mol. The summed E-state index contributed by atoms with van der Waals surface area (Å²) in [6.07, 6.45) is 4.35. The van der Waals surface area contributed by atoms with Gasteiger partial charge in [0.15, 0.2) is 0 Å². The second-order valence-corrected chi connectivity index (χ2v) is 6.29. The maximum atomic E-state index is 6.18. The number of hydrogen-bond donors (Lipinski definition) is 0. The van der Waals surface area contributed by atoms with Crippen molar-refractivity contribution in [3.63, 3.8) is 0 Å². The van der Waals surface area contributed by atoms with E-state index < -0.39 is 0 Å². The van der Waals surface area contributed by atoms with Crippen LogP contribution in [-0.4, -0.2) is 15.0 Å². The maximum absolute atomic E-state index is 6.18. The Hall–Kier alpha value is 0.990. The molecule has 0 rings (SSSR count). The third kappa shape index (κ3) is 6.14. The summed E-state index contributed by atoms with van der Waals surface area (Å²) in [5.41, 5.74) is 1.44. The molecule has 1 unspecified atom stereocenters. The number of halogens is 3. The zero-order chi connectivity index (χ0) is 10.5. The fourth-order valence-corrected chi connectivity index (χ4v) is 1.89. The molecule has 0 radical (unpaired) electrons.